The Balaban J connectivity index is 1.19. The molecule has 3 fully saturated rings. The molecular formula is C34H53NO2. The summed E-state index contributed by atoms with van der Waals surface area (Å²) in [5.74, 6) is 5.20. The largest absolute Gasteiger partial charge is 0.462 e. The summed E-state index contributed by atoms with van der Waals surface area (Å²) >= 11 is 0. The van der Waals surface area contributed by atoms with Crippen molar-refractivity contribution in [1.82, 2.24) is 0 Å². The van der Waals surface area contributed by atoms with E-state index in [2.05, 4.69) is 45.7 Å². The number of allylic oxidation sites excluding steroid dienone is 2. The summed E-state index contributed by atoms with van der Waals surface area (Å²) in [5, 5.41) is 0. The third kappa shape index (κ3) is 5.40. The first-order chi connectivity index (χ1) is 17.7. The van der Waals surface area contributed by atoms with E-state index >= 15 is 0 Å². The highest BCUT2D eigenvalue weighted by atomic mass is 16.5. The number of hydrogen-bond donors (Lipinski definition) is 0. The molecule has 0 aromatic rings. The molecule has 206 valence electrons. The molecule has 1 heterocycles. The fraction of sp³-hybridized carbons (Fsp3) is 0.824. The maximum absolute atomic E-state index is 12.6. The second-order valence-corrected chi connectivity index (χ2v) is 14.5. The molecule has 0 aromatic carbocycles. The zero-order valence-corrected chi connectivity index (χ0v) is 24.4. The topological polar surface area (TPSA) is 38.7 Å². The molecule has 37 heavy (non-hydrogen) atoms. The number of ether oxygens (including phenoxy) is 1. The van der Waals surface area contributed by atoms with E-state index in [0.29, 0.717) is 17.3 Å². The Morgan fingerprint density at radius 3 is 2.68 bits per heavy atom. The molecule has 5 aliphatic rings. The van der Waals surface area contributed by atoms with Crippen molar-refractivity contribution in [1.29, 1.82) is 0 Å². The lowest BCUT2D eigenvalue weighted by atomic mass is 9.47. The maximum atomic E-state index is 12.6. The van der Waals surface area contributed by atoms with Crippen LogP contribution in [-0.4, -0.2) is 18.3 Å². The molecule has 0 aromatic heterocycles. The summed E-state index contributed by atoms with van der Waals surface area (Å²) in [4.78, 5) is 16.7. The Hall–Kier alpha value is -1.38. The van der Waals surface area contributed by atoms with E-state index in [1.165, 1.54) is 63.4 Å². The summed E-state index contributed by atoms with van der Waals surface area (Å²) in [6.45, 7) is 12.6. The van der Waals surface area contributed by atoms with Gasteiger partial charge in [0.05, 0.1) is 0 Å². The van der Waals surface area contributed by atoms with Gasteiger partial charge in [0.1, 0.15) is 6.10 Å². The Bertz CT molecular complexity index is 930. The first kappa shape index (κ1) is 27.2. The van der Waals surface area contributed by atoms with Gasteiger partial charge in [-0.1, -0.05) is 65.5 Å². The van der Waals surface area contributed by atoms with Gasteiger partial charge in [-0.25, -0.2) is 0 Å². The number of fused-ring (bicyclic) bond motifs is 5. The molecule has 0 bridgehead atoms. The summed E-state index contributed by atoms with van der Waals surface area (Å²) < 4.78 is 6.01. The van der Waals surface area contributed by atoms with Gasteiger partial charge in [-0.3, -0.25) is 9.79 Å². The van der Waals surface area contributed by atoms with Crippen LogP contribution in [0.2, 0.25) is 0 Å². The van der Waals surface area contributed by atoms with Gasteiger partial charge in [-0.15, -0.1) is 0 Å². The van der Waals surface area contributed by atoms with Gasteiger partial charge in [0.2, 0.25) is 0 Å². The number of aliphatic imine (C=N–C) groups is 1. The Labute approximate surface area is 227 Å². The smallest absolute Gasteiger partial charge is 0.306 e. The average Bonchev–Trinajstić information content (AvgIpc) is 3.50. The van der Waals surface area contributed by atoms with Crippen molar-refractivity contribution in [2.45, 2.75) is 131 Å². The molecule has 5 rings (SSSR count). The molecule has 3 nitrogen and oxygen atoms in total. The van der Waals surface area contributed by atoms with Gasteiger partial charge < -0.3 is 4.74 Å². The number of rotatable bonds is 9. The number of nitrogens with zero attached hydrogens (tertiary/aromatic N) is 1. The highest BCUT2D eigenvalue weighted by Crippen LogP contribution is 2.67. The predicted molar refractivity (Wildman–Crippen MR) is 153 cm³/mol. The van der Waals surface area contributed by atoms with Crippen LogP contribution in [0.25, 0.3) is 0 Å². The van der Waals surface area contributed by atoms with Crippen LogP contribution in [0.1, 0.15) is 125 Å². The van der Waals surface area contributed by atoms with E-state index in [9.17, 15) is 4.79 Å². The van der Waals surface area contributed by atoms with Gasteiger partial charge >= 0.3 is 5.97 Å². The first-order valence-electron chi connectivity index (χ1n) is 15.8. The molecule has 0 spiro atoms. The molecule has 8 atom stereocenters. The van der Waals surface area contributed by atoms with Gasteiger partial charge in [0.15, 0.2) is 0 Å². The quantitative estimate of drug-likeness (QED) is 0.230. The molecule has 0 amide bonds. The van der Waals surface area contributed by atoms with Crippen LogP contribution in [0.15, 0.2) is 28.4 Å². The highest BCUT2D eigenvalue weighted by molar-refractivity contribution is 5.71. The second-order valence-electron chi connectivity index (χ2n) is 14.5. The minimum atomic E-state index is -0.0244. The van der Waals surface area contributed by atoms with Gasteiger partial charge in [0.25, 0.3) is 0 Å². The average molecular weight is 508 g/mol. The van der Waals surface area contributed by atoms with Crippen LogP contribution in [0.5, 0.6) is 0 Å². The minimum Gasteiger partial charge on any atom is -0.462 e. The van der Waals surface area contributed by atoms with E-state index in [0.717, 1.165) is 61.2 Å². The zero-order chi connectivity index (χ0) is 26.2. The van der Waals surface area contributed by atoms with Crippen LogP contribution in [0, 0.1) is 46.3 Å². The van der Waals surface area contributed by atoms with Crippen molar-refractivity contribution in [3.05, 3.63) is 23.4 Å². The maximum Gasteiger partial charge on any atom is 0.306 e. The van der Waals surface area contributed by atoms with E-state index in [4.69, 9.17) is 4.74 Å². The van der Waals surface area contributed by atoms with Gasteiger partial charge in [-0.2, -0.15) is 0 Å². The fourth-order valence-corrected chi connectivity index (χ4v) is 9.81. The fourth-order valence-electron chi connectivity index (χ4n) is 9.81. The molecule has 8 unspecified atom stereocenters. The van der Waals surface area contributed by atoms with Gasteiger partial charge in [-0.05, 0) is 103 Å². The Morgan fingerprint density at radius 2 is 1.92 bits per heavy atom. The predicted octanol–water partition coefficient (Wildman–Crippen LogP) is 9.08. The zero-order valence-electron chi connectivity index (χ0n) is 24.4. The van der Waals surface area contributed by atoms with Crippen molar-refractivity contribution in [3.63, 3.8) is 0 Å². The lowest BCUT2D eigenvalue weighted by Gasteiger charge is -2.58. The molecule has 0 N–H and O–H groups in total. The summed E-state index contributed by atoms with van der Waals surface area (Å²) in [7, 11) is 0. The number of esters is 1. The normalized spacial score (nSPS) is 39.5. The van der Waals surface area contributed by atoms with E-state index in [-0.39, 0.29) is 12.1 Å². The number of hydrogen-bond acceptors (Lipinski definition) is 3. The van der Waals surface area contributed by atoms with E-state index in [1.54, 1.807) is 5.57 Å². The molecule has 3 saturated carbocycles. The molecule has 0 radical (unpaired) electrons. The standard InChI is InChI=1S/C34H53NO2/c1-23(2)7-6-8-24(3)29-12-13-30-28-11-10-26-21-27(37-32(36)14-9-25-17-20-35-22-25)15-18-33(26,4)31(28)16-19-34(29,30)5/h10,20,22-24,27-31H,6-9,11-19,21H2,1-5H3. The first-order valence-corrected chi connectivity index (χ1v) is 15.8. The minimum absolute atomic E-state index is 0.0244. The monoisotopic (exact) mass is 507 g/mol. The van der Waals surface area contributed by atoms with Crippen LogP contribution in [0.3, 0.4) is 0 Å². The van der Waals surface area contributed by atoms with Crippen LogP contribution >= 0.6 is 0 Å². The van der Waals surface area contributed by atoms with Crippen molar-refractivity contribution in [3.8, 4) is 0 Å². The highest BCUT2D eigenvalue weighted by Gasteiger charge is 2.59. The second kappa shape index (κ2) is 11.0. The van der Waals surface area contributed by atoms with Crippen LogP contribution in [-0.2, 0) is 9.53 Å². The van der Waals surface area contributed by atoms with Crippen molar-refractivity contribution >= 4 is 12.2 Å². The molecule has 0 saturated heterocycles. The van der Waals surface area contributed by atoms with E-state index in [1.807, 2.05) is 12.4 Å². The Kier molecular flexibility index (Phi) is 8.09. The molecule has 4 aliphatic carbocycles. The lowest BCUT2D eigenvalue weighted by molar-refractivity contribution is -0.151. The van der Waals surface area contributed by atoms with Gasteiger partial charge in [0, 0.05) is 31.7 Å². The van der Waals surface area contributed by atoms with Crippen molar-refractivity contribution in [2.24, 2.45) is 51.3 Å². The molecule has 3 heteroatoms. The van der Waals surface area contributed by atoms with Crippen molar-refractivity contribution in [2.75, 3.05) is 0 Å². The summed E-state index contributed by atoms with van der Waals surface area (Å²) in [6, 6.07) is 0. The Morgan fingerprint density at radius 1 is 1.08 bits per heavy atom. The molecular weight excluding hydrogens is 454 g/mol. The third-order valence-corrected chi connectivity index (χ3v) is 11.9. The third-order valence-electron chi connectivity index (χ3n) is 11.9. The van der Waals surface area contributed by atoms with E-state index < -0.39 is 0 Å². The number of carbonyl (C=O) groups excluding carboxylic acids is 1. The summed E-state index contributed by atoms with van der Waals surface area (Å²) in [5.41, 5.74) is 3.73. The van der Waals surface area contributed by atoms with Crippen molar-refractivity contribution < 1.29 is 9.53 Å². The van der Waals surface area contributed by atoms with Crippen LogP contribution < -0.4 is 0 Å². The SMILES string of the molecule is CC(C)CCCC(C)C1CCC2C3CC=C4CC(OC(=O)CCC5=CN=CC5)CCC4(C)C3CCC12C. The molecule has 1 aliphatic heterocycles. The number of carbonyl (C=O) groups is 1. The summed E-state index contributed by atoms with van der Waals surface area (Å²) in [6.07, 6.45) is 23.1. The van der Waals surface area contributed by atoms with Crippen LogP contribution in [0.4, 0.5) is 0 Å². The lowest BCUT2D eigenvalue weighted by Crippen LogP contribution is -2.51.